The smallest absolute Gasteiger partial charge is 0.0929 e. The molecule has 0 aliphatic carbocycles. The zero-order valence-corrected chi connectivity index (χ0v) is 10.1. The number of aliphatic hydroxyl groups excluding tert-OH is 1. The molecule has 0 saturated heterocycles. The molecule has 1 aromatic carbocycles. The number of hydrogen-bond donors (Lipinski definition) is 2. The summed E-state index contributed by atoms with van der Waals surface area (Å²) in [5.74, 6) is 0. The Hall–Kier alpha value is -0.280. The average Bonchev–Trinajstić information content (AvgIpc) is 2.22. The normalized spacial score (nSPS) is 12.8. The van der Waals surface area contributed by atoms with E-state index < -0.39 is 6.10 Å². The van der Waals surface area contributed by atoms with Gasteiger partial charge in [-0.05, 0) is 31.2 Å². The minimum absolute atomic E-state index is 0.494. The molecule has 0 saturated carbocycles. The second-order valence-corrected chi connectivity index (χ2v) is 4.23. The zero-order valence-electron chi connectivity index (χ0n) is 8.63. The lowest BCUT2D eigenvalue weighted by Gasteiger charge is -2.13. The molecule has 0 amide bonds. The van der Waals surface area contributed by atoms with Gasteiger partial charge in [0.25, 0.3) is 0 Å². The number of benzene rings is 1. The van der Waals surface area contributed by atoms with Gasteiger partial charge in [-0.3, -0.25) is 0 Å². The predicted octanol–water partition coefficient (Wildman–Crippen LogP) is 3.03. The molecule has 0 bridgehead atoms. The molecule has 2 nitrogen and oxygen atoms in total. The van der Waals surface area contributed by atoms with Crippen LogP contribution in [0, 0.1) is 0 Å². The minimum atomic E-state index is -0.609. The van der Waals surface area contributed by atoms with E-state index in [-0.39, 0.29) is 0 Å². The maximum atomic E-state index is 9.85. The topological polar surface area (TPSA) is 32.3 Å². The highest BCUT2D eigenvalue weighted by molar-refractivity contribution is 6.33. The summed E-state index contributed by atoms with van der Waals surface area (Å²) in [5.41, 5.74) is 0.674. The van der Waals surface area contributed by atoms with Crippen LogP contribution in [0.2, 0.25) is 10.0 Å². The monoisotopic (exact) mass is 247 g/mol. The first-order chi connectivity index (χ1) is 7.15. The Morgan fingerprint density at radius 1 is 1.40 bits per heavy atom. The molecule has 1 rings (SSSR count). The fourth-order valence-electron chi connectivity index (χ4n) is 1.30. The van der Waals surface area contributed by atoms with Gasteiger partial charge in [-0.1, -0.05) is 30.1 Å². The van der Waals surface area contributed by atoms with Crippen LogP contribution in [0.5, 0.6) is 0 Å². The van der Waals surface area contributed by atoms with Crippen LogP contribution in [0.25, 0.3) is 0 Å². The van der Waals surface area contributed by atoms with Gasteiger partial charge in [0.15, 0.2) is 0 Å². The molecule has 0 heterocycles. The fourth-order valence-corrected chi connectivity index (χ4v) is 1.72. The molecule has 0 fully saturated rings. The number of nitrogens with one attached hydrogen (secondary N) is 1. The first kappa shape index (κ1) is 12.8. The Kier molecular flexibility index (Phi) is 5.40. The van der Waals surface area contributed by atoms with Gasteiger partial charge in [0.2, 0.25) is 0 Å². The van der Waals surface area contributed by atoms with E-state index >= 15 is 0 Å². The first-order valence-corrected chi connectivity index (χ1v) is 5.74. The van der Waals surface area contributed by atoms with Crippen molar-refractivity contribution in [3.05, 3.63) is 33.8 Å². The molecule has 0 aromatic heterocycles. The van der Waals surface area contributed by atoms with Crippen LogP contribution in [0.3, 0.4) is 0 Å². The Bertz CT molecular complexity index is 317. The molecule has 1 unspecified atom stereocenters. The summed E-state index contributed by atoms with van der Waals surface area (Å²) in [5, 5.41) is 14.1. The van der Waals surface area contributed by atoms with Crippen molar-refractivity contribution in [2.75, 3.05) is 13.1 Å². The van der Waals surface area contributed by atoms with Gasteiger partial charge < -0.3 is 10.4 Å². The molecular formula is C11H15Cl2NO. The minimum Gasteiger partial charge on any atom is -0.387 e. The Morgan fingerprint density at radius 3 is 2.80 bits per heavy atom. The molecule has 0 aliphatic rings. The summed E-state index contributed by atoms with van der Waals surface area (Å²) in [7, 11) is 0. The van der Waals surface area contributed by atoms with Gasteiger partial charge in [-0.2, -0.15) is 0 Å². The van der Waals surface area contributed by atoms with E-state index in [1.165, 1.54) is 0 Å². The van der Waals surface area contributed by atoms with Crippen LogP contribution in [-0.2, 0) is 0 Å². The van der Waals surface area contributed by atoms with Gasteiger partial charge in [0, 0.05) is 22.2 Å². The maximum Gasteiger partial charge on any atom is 0.0929 e. The van der Waals surface area contributed by atoms with Crippen molar-refractivity contribution in [1.82, 2.24) is 5.32 Å². The molecular weight excluding hydrogens is 233 g/mol. The molecule has 0 aliphatic heterocycles. The van der Waals surface area contributed by atoms with Crippen LogP contribution in [-0.4, -0.2) is 18.2 Å². The van der Waals surface area contributed by atoms with Crippen LogP contribution in [0.4, 0.5) is 0 Å². The number of halogens is 2. The molecule has 0 radical (unpaired) electrons. The van der Waals surface area contributed by atoms with Gasteiger partial charge >= 0.3 is 0 Å². The quantitative estimate of drug-likeness (QED) is 0.785. The van der Waals surface area contributed by atoms with Crippen molar-refractivity contribution in [2.45, 2.75) is 19.4 Å². The maximum absolute atomic E-state index is 9.85. The molecule has 4 heteroatoms. The predicted molar refractivity (Wildman–Crippen MR) is 64.6 cm³/mol. The molecule has 0 spiro atoms. The third kappa shape index (κ3) is 3.99. The van der Waals surface area contributed by atoms with E-state index in [1.807, 2.05) is 0 Å². The highest BCUT2D eigenvalue weighted by Crippen LogP contribution is 2.25. The van der Waals surface area contributed by atoms with Crippen molar-refractivity contribution in [3.63, 3.8) is 0 Å². The summed E-state index contributed by atoms with van der Waals surface area (Å²) in [6, 6.07) is 5.10. The molecule has 1 atom stereocenters. The van der Waals surface area contributed by atoms with Crippen molar-refractivity contribution in [1.29, 1.82) is 0 Å². The second-order valence-electron chi connectivity index (χ2n) is 3.39. The van der Waals surface area contributed by atoms with Crippen LogP contribution in [0.15, 0.2) is 18.2 Å². The SMILES string of the molecule is CCCNCC(O)c1cc(Cl)ccc1Cl. The number of rotatable bonds is 5. The summed E-state index contributed by atoms with van der Waals surface area (Å²) in [6.45, 7) is 3.45. The van der Waals surface area contributed by atoms with E-state index in [0.717, 1.165) is 13.0 Å². The van der Waals surface area contributed by atoms with E-state index in [4.69, 9.17) is 23.2 Å². The summed E-state index contributed by atoms with van der Waals surface area (Å²) >= 11 is 11.8. The van der Waals surface area contributed by atoms with Crippen molar-refractivity contribution in [2.24, 2.45) is 0 Å². The molecule has 2 N–H and O–H groups in total. The van der Waals surface area contributed by atoms with E-state index in [0.29, 0.717) is 22.2 Å². The van der Waals surface area contributed by atoms with Gasteiger partial charge in [-0.15, -0.1) is 0 Å². The van der Waals surface area contributed by atoms with Crippen LogP contribution < -0.4 is 5.32 Å². The van der Waals surface area contributed by atoms with Crippen LogP contribution >= 0.6 is 23.2 Å². The molecule has 1 aromatic rings. The molecule has 15 heavy (non-hydrogen) atoms. The summed E-state index contributed by atoms with van der Waals surface area (Å²) in [4.78, 5) is 0. The number of hydrogen-bond acceptors (Lipinski definition) is 2. The van der Waals surface area contributed by atoms with Crippen LogP contribution in [0.1, 0.15) is 25.0 Å². The third-order valence-corrected chi connectivity index (χ3v) is 2.66. The van der Waals surface area contributed by atoms with Crippen molar-refractivity contribution < 1.29 is 5.11 Å². The van der Waals surface area contributed by atoms with Gasteiger partial charge in [0.05, 0.1) is 6.10 Å². The van der Waals surface area contributed by atoms with E-state index in [2.05, 4.69) is 12.2 Å². The summed E-state index contributed by atoms with van der Waals surface area (Å²) < 4.78 is 0. The Balaban J connectivity index is 2.64. The fraction of sp³-hybridized carbons (Fsp3) is 0.455. The Labute approximate surface area is 100 Å². The van der Waals surface area contributed by atoms with Crippen molar-refractivity contribution >= 4 is 23.2 Å². The first-order valence-electron chi connectivity index (χ1n) is 4.99. The highest BCUT2D eigenvalue weighted by atomic mass is 35.5. The highest BCUT2D eigenvalue weighted by Gasteiger charge is 2.11. The molecule has 84 valence electrons. The average molecular weight is 248 g/mol. The lowest BCUT2D eigenvalue weighted by Crippen LogP contribution is -2.22. The number of aliphatic hydroxyl groups is 1. The van der Waals surface area contributed by atoms with E-state index in [9.17, 15) is 5.11 Å². The van der Waals surface area contributed by atoms with Crippen molar-refractivity contribution in [3.8, 4) is 0 Å². The Morgan fingerprint density at radius 2 is 2.13 bits per heavy atom. The van der Waals surface area contributed by atoms with Gasteiger partial charge in [-0.25, -0.2) is 0 Å². The van der Waals surface area contributed by atoms with Gasteiger partial charge in [0.1, 0.15) is 0 Å². The summed E-state index contributed by atoms with van der Waals surface area (Å²) in [6.07, 6.45) is 0.429. The third-order valence-electron chi connectivity index (χ3n) is 2.08. The zero-order chi connectivity index (χ0) is 11.3. The van der Waals surface area contributed by atoms with E-state index in [1.54, 1.807) is 18.2 Å². The lowest BCUT2D eigenvalue weighted by molar-refractivity contribution is 0.175. The largest absolute Gasteiger partial charge is 0.387 e. The second kappa shape index (κ2) is 6.33. The lowest BCUT2D eigenvalue weighted by atomic mass is 10.1. The standard InChI is InChI=1S/C11H15Cl2NO/c1-2-5-14-7-11(15)9-6-8(12)3-4-10(9)13/h3-4,6,11,14-15H,2,5,7H2,1H3.